The fraction of sp³-hybridized carbons (Fsp3) is 0.538. The molecule has 0 aromatic heterocycles. The van der Waals surface area contributed by atoms with E-state index in [-0.39, 0.29) is 6.61 Å². The fourth-order valence-electron chi connectivity index (χ4n) is 1.54. The van der Waals surface area contributed by atoms with Crippen molar-refractivity contribution in [3.63, 3.8) is 0 Å². The summed E-state index contributed by atoms with van der Waals surface area (Å²) < 4.78 is 0. The fourth-order valence-corrected chi connectivity index (χ4v) is 1.54. The third-order valence-electron chi connectivity index (χ3n) is 2.70. The van der Waals surface area contributed by atoms with Gasteiger partial charge >= 0.3 is 0 Å². The van der Waals surface area contributed by atoms with E-state index >= 15 is 0 Å². The number of rotatable bonds is 6. The van der Waals surface area contributed by atoms with E-state index in [1.165, 1.54) is 11.1 Å². The van der Waals surface area contributed by atoms with Crippen molar-refractivity contribution in [2.45, 2.75) is 19.8 Å². The monoisotopic (exact) mass is 207 g/mol. The lowest BCUT2D eigenvalue weighted by molar-refractivity contribution is 0.223. The van der Waals surface area contributed by atoms with Gasteiger partial charge in [0.1, 0.15) is 0 Å². The Bertz CT molecular complexity index is 268. The van der Waals surface area contributed by atoms with Crippen LogP contribution in [0.15, 0.2) is 24.3 Å². The number of benzene rings is 1. The molecule has 0 spiro atoms. The molecule has 0 saturated heterocycles. The molecular weight excluding hydrogens is 186 g/mol. The molecule has 0 bridgehead atoms. The summed E-state index contributed by atoms with van der Waals surface area (Å²) in [7, 11) is 2.04. The van der Waals surface area contributed by atoms with Crippen molar-refractivity contribution in [1.29, 1.82) is 0 Å². The Labute approximate surface area is 92.5 Å². The maximum absolute atomic E-state index is 8.76. The number of aliphatic hydroxyl groups excluding tert-OH is 1. The molecule has 0 aliphatic rings. The van der Waals surface area contributed by atoms with Crippen LogP contribution in [0.2, 0.25) is 0 Å². The van der Waals surface area contributed by atoms with Crippen LogP contribution in [0.5, 0.6) is 0 Å². The summed E-state index contributed by atoms with van der Waals surface area (Å²) in [6.07, 6.45) is 2.16. The summed E-state index contributed by atoms with van der Waals surface area (Å²) >= 11 is 0. The number of aryl methyl sites for hydroxylation is 1. The molecule has 0 unspecified atom stereocenters. The number of likely N-dealkylation sites (N-methyl/N-ethyl adjacent to an activating group) is 1. The van der Waals surface area contributed by atoms with Gasteiger partial charge in [-0.2, -0.15) is 0 Å². The van der Waals surface area contributed by atoms with Gasteiger partial charge in [0.05, 0.1) is 6.61 Å². The zero-order valence-corrected chi connectivity index (χ0v) is 9.74. The molecule has 2 nitrogen and oxygen atoms in total. The lowest BCUT2D eigenvalue weighted by Gasteiger charge is -2.14. The van der Waals surface area contributed by atoms with E-state index in [9.17, 15) is 0 Å². The van der Waals surface area contributed by atoms with Crippen LogP contribution in [0.3, 0.4) is 0 Å². The molecule has 0 atom stereocenters. The third kappa shape index (κ3) is 4.45. The summed E-state index contributed by atoms with van der Waals surface area (Å²) in [5.41, 5.74) is 2.76. The molecule has 1 aromatic rings. The van der Waals surface area contributed by atoms with Gasteiger partial charge < -0.3 is 10.0 Å². The second kappa shape index (κ2) is 6.59. The van der Waals surface area contributed by atoms with Crippen molar-refractivity contribution in [3.05, 3.63) is 35.4 Å². The van der Waals surface area contributed by atoms with Crippen molar-refractivity contribution in [2.75, 3.05) is 26.7 Å². The van der Waals surface area contributed by atoms with Gasteiger partial charge in [-0.1, -0.05) is 31.2 Å². The highest BCUT2D eigenvalue weighted by Gasteiger charge is 1.98. The number of aliphatic hydroxyl groups is 1. The van der Waals surface area contributed by atoms with E-state index in [4.69, 9.17) is 5.11 Å². The second-order valence-corrected chi connectivity index (χ2v) is 3.95. The molecule has 0 fully saturated rings. The largest absolute Gasteiger partial charge is 0.395 e. The van der Waals surface area contributed by atoms with E-state index in [1.54, 1.807) is 0 Å². The maximum atomic E-state index is 8.76. The van der Waals surface area contributed by atoms with Gasteiger partial charge in [-0.3, -0.25) is 0 Å². The Morgan fingerprint density at radius 2 is 1.67 bits per heavy atom. The highest BCUT2D eigenvalue weighted by atomic mass is 16.3. The van der Waals surface area contributed by atoms with Crippen molar-refractivity contribution in [1.82, 2.24) is 4.90 Å². The number of hydrogen-bond donors (Lipinski definition) is 1. The van der Waals surface area contributed by atoms with Gasteiger partial charge in [-0.05, 0) is 31.0 Å². The molecule has 1 aromatic carbocycles. The molecule has 0 aliphatic heterocycles. The average molecular weight is 207 g/mol. The van der Waals surface area contributed by atoms with Crippen LogP contribution < -0.4 is 0 Å². The van der Waals surface area contributed by atoms with Gasteiger partial charge in [0.2, 0.25) is 0 Å². The smallest absolute Gasteiger partial charge is 0.0558 e. The van der Waals surface area contributed by atoms with Gasteiger partial charge in [0.25, 0.3) is 0 Å². The minimum Gasteiger partial charge on any atom is -0.395 e. The van der Waals surface area contributed by atoms with Crippen molar-refractivity contribution >= 4 is 0 Å². The van der Waals surface area contributed by atoms with E-state index in [0.29, 0.717) is 0 Å². The predicted molar refractivity (Wildman–Crippen MR) is 64.1 cm³/mol. The first-order chi connectivity index (χ1) is 7.26. The first kappa shape index (κ1) is 12.2. The highest BCUT2D eigenvalue weighted by molar-refractivity contribution is 5.22. The Morgan fingerprint density at radius 3 is 2.20 bits per heavy atom. The van der Waals surface area contributed by atoms with Crippen LogP contribution in [0.25, 0.3) is 0 Å². The molecule has 0 radical (unpaired) electrons. The summed E-state index contributed by atoms with van der Waals surface area (Å²) in [4.78, 5) is 2.15. The van der Waals surface area contributed by atoms with Gasteiger partial charge in [-0.15, -0.1) is 0 Å². The predicted octanol–water partition coefficient (Wildman–Crippen LogP) is 1.72. The van der Waals surface area contributed by atoms with Crippen LogP contribution in [0.1, 0.15) is 18.1 Å². The molecule has 0 amide bonds. The van der Waals surface area contributed by atoms with Crippen molar-refractivity contribution < 1.29 is 5.11 Å². The summed E-state index contributed by atoms with van der Waals surface area (Å²) in [6, 6.07) is 8.79. The van der Waals surface area contributed by atoms with Crippen LogP contribution >= 0.6 is 0 Å². The summed E-state index contributed by atoms with van der Waals surface area (Å²) in [5.74, 6) is 0. The molecule has 0 saturated carbocycles. The Morgan fingerprint density at radius 1 is 1.07 bits per heavy atom. The standard InChI is InChI=1S/C13H21NO/c1-3-12-4-6-13(7-5-12)8-9-14(2)10-11-15/h4-7,15H,3,8-11H2,1-2H3. The normalized spacial score (nSPS) is 10.9. The molecule has 15 heavy (non-hydrogen) atoms. The zero-order chi connectivity index (χ0) is 11.1. The van der Waals surface area contributed by atoms with Gasteiger partial charge in [0, 0.05) is 13.1 Å². The topological polar surface area (TPSA) is 23.5 Å². The molecule has 1 rings (SSSR count). The van der Waals surface area contributed by atoms with Crippen LogP contribution in [-0.2, 0) is 12.8 Å². The minimum atomic E-state index is 0.241. The summed E-state index contributed by atoms with van der Waals surface area (Å²) in [6.45, 7) is 4.17. The molecule has 1 N–H and O–H groups in total. The number of hydrogen-bond acceptors (Lipinski definition) is 2. The van der Waals surface area contributed by atoms with E-state index in [1.807, 2.05) is 7.05 Å². The summed E-state index contributed by atoms with van der Waals surface area (Å²) in [5, 5.41) is 8.76. The lowest BCUT2D eigenvalue weighted by Crippen LogP contribution is -2.24. The second-order valence-electron chi connectivity index (χ2n) is 3.95. The quantitative estimate of drug-likeness (QED) is 0.767. The zero-order valence-electron chi connectivity index (χ0n) is 9.74. The van der Waals surface area contributed by atoms with Gasteiger partial charge in [0.15, 0.2) is 0 Å². The molecular formula is C13H21NO. The molecule has 2 heteroatoms. The molecule has 84 valence electrons. The average Bonchev–Trinajstić information content (AvgIpc) is 2.27. The van der Waals surface area contributed by atoms with Gasteiger partial charge in [-0.25, -0.2) is 0 Å². The van der Waals surface area contributed by atoms with E-state index < -0.39 is 0 Å². The first-order valence-electron chi connectivity index (χ1n) is 5.63. The van der Waals surface area contributed by atoms with Crippen LogP contribution in [-0.4, -0.2) is 36.8 Å². The van der Waals surface area contributed by atoms with Crippen LogP contribution in [0, 0.1) is 0 Å². The number of nitrogens with zero attached hydrogens (tertiary/aromatic N) is 1. The highest BCUT2D eigenvalue weighted by Crippen LogP contribution is 2.06. The molecule has 0 aliphatic carbocycles. The van der Waals surface area contributed by atoms with E-state index in [0.717, 1.165) is 25.9 Å². The van der Waals surface area contributed by atoms with E-state index in [2.05, 4.69) is 36.1 Å². The Hall–Kier alpha value is -0.860. The lowest BCUT2D eigenvalue weighted by atomic mass is 10.1. The SMILES string of the molecule is CCc1ccc(CCN(C)CCO)cc1. The maximum Gasteiger partial charge on any atom is 0.0558 e. The molecule has 0 heterocycles. The van der Waals surface area contributed by atoms with Crippen LogP contribution in [0.4, 0.5) is 0 Å². The van der Waals surface area contributed by atoms with Crippen molar-refractivity contribution in [3.8, 4) is 0 Å². The third-order valence-corrected chi connectivity index (χ3v) is 2.70. The van der Waals surface area contributed by atoms with Crippen molar-refractivity contribution in [2.24, 2.45) is 0 Å². The minimum absolute atomic E-state index is 0.241. The Balaban J connectivity index is 2.37. The first-order valence-corrected chi connectivity index (χ1v) is 5.63. The Kier molecular flexibility index (Phi) is 5.37.